The molecular weight excluding hydrogens is 779 g/mol. The molecule has 0 amide bonds. The van der Waals surface area contributed by atoms with Gasteiger partial charge in [-0.3, -0.25) is 0 Å². The molecule has 0 spiro atoms. The third-order valence-electron chi connectivity index (χ3n) is 12.3. The van der Waals surface area contributed by atoms with Gasteiger partial charge in [-0.25, -0.2) is 0 Å². The second kappa shape index (κ2) is 13.5. The Bertz CT molecular complexity index is 3540. The van der Waals surface area contributed by atoms with Gasteiger partial charge in [0, 0.05) is 90.3 Å². The van der Waals surface area contributed by atoms with Gasteiger partial charge in [0.25, 0.3) is 0 Å². The van der Waals surface area contributed by atoms with E-state index in [0.717, 1.165) is 39.8 Å². The van der Waals surface area contributed by atoms with Gasteiger partial charge in [-0.15, -0.1) is 22.7 Å². The number of fused-ring (bicyclic) bond motifs is 6. The minimum absolute atomic E-state index is 1.12. The summed E-state index contributed by atoms with van der Waals surface area (Å²) < 4.78 is 7.64. The van der Waals surface area contributed by atoms with E-state index in [1.165, 1.54) is 72.9 Å². The largest absolute Gasteiger partial charge is 0.310 e. The average Bonchev–Trinajstić information content (AvgIpc) is 4.00. The Hall–Kier alpha value is -7.44. The van der Waals surface area contributed by atoms with Crippen molar-refractivity contribution in [3.63, 3.8) is 0 Å². The van der Waals surface area contributed by atoms with Crippen LogP contribution in [0.15, 0.2) is 212 Å². The number of hydrogen-bond acceptors (Lipinski definition) is 4. The van der Waals surface area contributed by atoms with Crippen molar-refractivity contribution in [1.82, 2.24) is 4.57 Å². The molecule has 286 valence electrons. The SMILES string of the molecule is c1ccc(N(c2ccc3c(c2)sc2ccccc23)c2ccc3c4c2ccc2c(N(c5ccccc5)c5ccc6c(c5)sc5ccccc56)ccc(c24)n3-c2ccccc2)cc1. The van der Waals surface area contributed by atoms with Gasteiger partial charge in [0.1, 0.15) is 0 Å². The summed E-state index contributed by atoms with van der Waals surface area (Å²) in [4.78, 5) is 4.89. The Labute approximate surface area is 360 Å². The van der Waals surface area contributed by atoms with Gasteiger partial charge in [-0.1, -0.05) is 115 Å². The molecule has 3 nitrogen and oxygen atoms in total. The average molecular weight is 814 g/mol. The highest BCUT2D eigenvalue weighted by molar-refractivity contribution is 7.26. The van der Waals surface area contributed by atoms with E-state index < -0.39 is 0 Å². The molecule has 0 fully saturated rings. The van der Waals surface area contributed by atoms with E-state index in [1.54, 1.807) is 0 Å². The van der Waals surface area contributed by atoms with Crippen molar-refractivity contribution in [2.24, 2.45) is 0 Å². The Morgan fingerprint density at radius 3 is 1.16 bits per heavy atom. The molecule has 10 aromatic carbocycles. The monoisotopic (exact) mass is 813 g/mol. The number of nitrogens with zero attached hydrogens (tertiary/aromatic N) is 3. The second-order valence-corrected chi connectivity index (χ2v) is 17.9. The molecule has 0 saturated carbocycles. The molecule has 0 bridgehead atoms. The Kier molecular flexibility index (Phi) is 7.65. The first-order chi connectivity index (χ1) is 30.3. The van der Waals surface area contributed by atoms with Crippen molar-refractivity contribution >= 4 is 130 Å². The topological polar surface area (TPSA) is 11.4 Å². The molecule has 0 atom stereocenters. The lowest BCUT2D eigenvalue weighted by Gasteiger charge is -2.28. The van der Waals surface area contributed by atoms with Crippen molar-refractivity contribution in [1.29, 1.82) is 0 Å². The van der Waals surface area contributed by atoms with Crippen LogP contribution in [-0.4, -0.2) is 4.57 Å². The van der Waals surface area contributed by atoms with E-state index in [-0.39, 0.29) is 0 Å². The smallest absolute Gasteiger partial charge is 0.0548 e. The first kappa shape index (κ1) is 34.4. The zero-order valence-electron chi connectivity index (χ0n) is 32.9. The summed E-state index contributed by atoms with van der Waals surface area (Å²) >= 11 is 3.72. The van der Waals surface area contributed by atoms with E-state index in [4.69, 9.17) is 0 Å². The van der Waals surface area contributed by atoms with Crippen molar-refractivity contribution < 1.29 is 0 Å². The summed E-state index contributed by atoms with van der Waals surface area (Å²) in [5.74, 6) is 0. The molecule has 5 heteroatoms. The summed E-state index contributed by atoms with van der Waals surface area (Å²) in [5.41, 5.74) is 10.3. The van der Waals surface area contributed by atoms with Gasteiger partial charge < -0.3 is 14.4 Å². The van der Waals surface area contributed by atoms with E-state index in [2.05, 4.69) is 227 Å². The van der Waals surface area contributed by atoms with Crippen LogP contribution < -0.4 is 9.80 Å². The third kappa shape index (κ3) is 5.28. The summed E-state index contributed by atoms with van der Waals surface area (Å²) in [5, 5.41) is 10.1. The highest BCUT2D eigenvalue weighted by atomic mass is 32.1. The van der Waals surface area contributed by atoms with Gasteiger partial charge in [-0.2, -0.15) is 0 Å². The number of aromatic nitrogens is 1. The van der Waals surface area contributed by atoms with Crippen LogP contribution in [0, 0.1) is 0 Å². The summed E-state index contributed by atoms with van der Waals surface area (Å²) in [6.45, 7) is 0. The van der Waals surface area contributed by atoms with Crippen LogP contribution >= 0.6 is 22.7 Å². The van der Waals surface area contributed by atoms with E-state index in [9.17, 15) is 0 Å². The first-order valence-corrected chi connectivity index (χ1v) is 22.3. The molecule has 0 aliphatic carbocycles. The molecular formula is C56H35N3S2. The quantitative estimate of drug-likeness (QED) is 0.149. The van der Waals surface area contributed by atoms with Crippen LogP contribution in [0.25, 0.3) is 78.6 Å². The zero-order chi connectivity index (χ0) is 40.0. The highest BCUT2D eigenvalue weighted by Gasteiger charge is 2.26. The van der Waals surface area contributed by atoms with Crippen LogP contribution in [-0.2, 0) is 0 Å². The van der Waals surface area contributed by atoms with E-state index in [0.29, 0.717) is 0 Å². The maximum absolute atomic E-state index is 2.45. The lowest BCUT2D eigenvalue weighted by molar-refractivity contribution is 1.18. The Morgan fingerprint density at radius 2 is 0.689 bits per heavy atom. The maximum Gasteiger partial charge on any atom is 0.0548 e. The van der Waals surface area contributed by atoms with E-state index in [1.807, 2.05) is 22.7 Å². The predicted molar refractivity (Wildman–Crippen MR) is 265 cm³/mol. The molecule has 0 aliphatic rings. The molecule has 13 aromatic rings. The van der Waals surface area contributed by atoms with Crippen LogP contribution in [0.3, 0.4) is 0 Å². The van der Waals surface area contributed by atoms with Gasteiger partial charge in [0.15, 0.2) is 0 Å². The minimum Gasteiger partial charge on any atom is -0.310 e. The summed E-state index contributed by atoms with van der Waals surface area (Å²) in [6, 6.07) is 77.9. The molecule has 0 radical (unpaired) electrons. The van der Waals surface area contributed by atoms with Crippen LogP contribution in [0.1, 0.15) is 0 Å². The highest BCUT2D eigenvalue weighted by Crippen LogP contribution is 2.50. The first-order valence-electron chi connectivity index (χ1n) is 20.7. The van der Waals surface area contributed by atoms with Gasteiger partial charge in [0.2, 0.25) is 0 Å². The fourth-order valence-electron chi connectivity index (χ4n) is 9.69. The lowest BCUT2D eigenvalue weighted by atomic mass is 9.98. The molecule has 0 unspecified atom stereocenters. The standard InChI is InChI=1S/C56H35N3S2/c1-4-14-36(15-5-1)57(39-24-26-43-41-20-10-12-22-51(41)60-53(43)34-39)47-30-32-49-55-45(47)28-29-46-48(31-33-50(56(46)55)59(49)38-18-8-3-9-19-38)58(37-16-6-2-7-17-37)40-25-27-44-42-21-11-13-23-52(42)61-54(44)35-40/h1-35H. The van der Waals surface area contributed by atoms with Gasteiger partial charge in [0.05, 0.1) is 22.4 Å². The molecule has 0 saturated heterocycles. The fraction of sp³-hybridized carbons (Fsp3) is 0. The Morgan fingerprint density at radius 1 is 0.295 bits per heavy atom. The zero-order valence-corrected chi connectivity index (χ0v) is 34.5. The molecule has 0 N–H and O–H groups in total. The Balaban J connectivity index is 1.08. The predicted octanol–water partition coefficient (Wildman–Crippen LogP) is 17.1. The summed E-state index contributed by atoms with van der Waals surface area (Å²) in [6.07, 6.45) is 0. The normalized spacial score (nSPS) is 11.9. The second-order valence-electron chi connectivity index (χ2n) is 15.7. The van der Waals surface area contributed by atoms with Crippen LogP contribution in [0.5, 0.6) is 0 Å². The fourth-order valence-corrected chi connectivity index (χ4v) is 12.0. The third-order valence-corrected chi connectivity index (χ3v) is 14.6. The van der Waals surface area contributed by atoms with Crippen molar-refractivity contribution in [2.75, 3.05) is 9.80 Å². The van der Waals surface area contributed by atoms with Crippen molar-refractivity contribution in [3.05, 3.63) is 212 Å². The molecule has 61 heavy (non-hydrogen) atoms. The number of rotatable bonds is 7. The molecule has 3 heterocycles. The van der Waals surface area contributed by atoms with Crippen molar-refractivity contribution in [3.8, 4) is 5.69 Å². The number of anilines is 6. The van der Waals surface area contributed by atoms with Gasteiger partial charge >= 0.3 is 0 Å². The van der Waals surface area contributed by atoms with Crippen molar-refractivity contribution in [2.45, 2.75) is 0 Å². The minimum atomic E-state index is 1.12. The summed E-state index contributed by atoms with van der Waals surface area (Å²) in [7, 11) is 0. The number of para-hydroxylation sites is 3. The number of thiophene rings is 2. The molecule has 3 aromatic heterocycles. The number of benzene rings is 10. The van der Waals surface area contributed by atoms with E-state index >= 15 is 0 Å². The molecule has 13 rings (SSSR count). The van der Waals surface area contributed by atoms with Gasteiger partial charge in [-0.05, 0) is 97.1 Å². The van der Waals surface area contributed by atoms with Crippen LogP contribution in [0.2, 0.25) is 0 Å². The lowest BCUT2D eigenvalue weighted by Crippen LogP contribution is -2.11. The number of hydrogen-bond donors (Lipinski definition) is 0. The molecule has 0 aliphatic heterocycles. The van der Waals surface area contributed by atoms with Crippen LogP contribution in [0.4, 0.5) is 34.1 Å². The maximum atomic E-state index is 2.45.